The SMILES string of the molecule is Cc1c(C(=O)Nc2ccc(F)cc2F)oc2ccc(F)cc12. The molecule has 1 heterocycles. The van der Waals surface area contributed by atoms with E-state index in [1.807, 2.05) is 0 Å². The fourth-order valence-electron chi connectivity index (χ4n) is 2.18. The molecule has 0 atom stereocenters. The summed E-state index contributed by atoms with van der Waals surface area (Å²) in [5, 5.41) is 2.76. The zero-order valence-electron chi connectivity index (χ0n) is 11.4. The van der Waals surface area contributed by atoms with Gasteiger partial charge in [0.05, 0.1) is 5.69 Å². The van der Waals surface area contributed by atoms with Crippen LogP contribution in [0.2, 0.25) is 0 Å². The van der Waals surface area contributed by atoms with Gasteiger partial charge in [-0.2, -0.15) is 0 Å². The van der Waals surface area contributed by atoms with Crippen molar-refractivity contribution >= 4 is 22.6 Å². The molecule has 3 aromatic rings. The van der Waals surface area contributed by atoms with Gasteiger partial charge in [0.15, 0.2) is 5.76 Å². The molecule has 3 rings (SSSR count). The number of carbonyl (C=O) groups is 1. The van der Waals surface area contributed by atoms with Crippen molar-refractivity contribution in [2.24, 2.45) is 0 Å². The lowest BCUT2D eigenvalue weighted by Gasteiger charge is -2.05. The monoisotopic (exact) mass is 305 g/mol. The van der Waals surface area contributed by atoms with Crippen molar-refractivity contribution in [3.63, 3.8) is 0 Å². The predicted octanol–water partition coefficient (Wildman–Crippen LogP) is 4.41. The van der Waals surface area contributed by atoms with Gasteiger partial charge in [0.25, 0.3) is 5.91 Å². The largest absolute Gasteiger partial charge is 0.451 e. The molecule has 0 bridgehead atoms. The number of aryl methyl sites for hydroxylation is 1. The molecule has 2 aromatic carbocycles. The Kier molecular flexibility index (Phi) is 3.36. The van der Waals surface area contributed by atoms with Gasteiger partial charge < -0.3 is 9.73 Å². The Morgan fingerprint density at radius 3 is 2.45 bits per heavy atom. The second-order valence-corrected chi connectivity index (χ2v) is 4.77. The van der Waals surface area contributed by atoms with Crippen LogP contribution in [-0.2, 0) is 0 Å². The minimum atomic E-state index is -0.895. The zero-order valence-corrected chi connectivity index (χ0v) is 11.4. The Morgan fingerprint density at radius 2 is 1.73 bits per heavy atom. The van der Waals surface area contributed by atoms with Crippen LogP contribution in [0, 0.1) is 24.4 Å². The first-order valence-corrected chi connectivity index (χ1v) is 6.41. The number of fused-ring (bicyclic) bond motifs is 1. The molecular weight excluding hydrogens is 295 g/mol. The number of halogens is 3. The second-order valence-electron chi connectivity index (χ2n) is 4.77. The maximum atomic E-state index is 13.5. The standard InChI is InChI=1S/C16H10F3NO2/c1-8-11-6-9(17)3-5-14(11)22-15(8)16(21)20-13-4-2-10(18)7-12(13)19/h2-7H,1H3,(H,20,21). The highest BCUT2D eigenvalue weighted by molar-refractivity contribution is 6.06. The van der Waals surface area contributed by atoms with E-state index in [2.05, 4.69) is 5.32 Å². The van der Waals surface area contributed by atoms with Crippen molar-refractivity contribution in [3.05, 3.63) is 65.2 Å². The smallest absolute Gasteiger partial charge is 0.291 e. The maximum Gasteiger partial charge on any atom is 0.291 e. The Balaban J connectivity index is 1.97. The number of hydrogen-bond donors (Lipinski definition) is 1. The summed E-state index contributed by atoms with van der Waals surface area (Å²) >= 11 is 0. The molecule has 0 unspecified atom stereocenters. The van der Waals surface area contributed by atoms with Crippen LogP contribution >= 0.6 is 0 Å². The van der Waals surface area contributed by atoms with Crippen molar-refractivity contribution < 1.29 is 22.4 Å². The van der Waals surface area contributed by atoms with Crippen molar-refractivity contribution in [2.45, 2.75) is 6.92 Å². The zero-order chi connectivity index (χ0) is 15.9. The number of furan rings is 1. The topological polar surface area (TPSA) is 42.2 Å². The Bertz CT molecular complexity index is 886. The molecule has 0 aliphatic carbocycles. The normalized spacial score (nSPS) is 10.9. The van der Waals surface area contributed by atoms with Crippen LogP contribution in [0.5, 0.6) is 0 Å². The molecule has 0 aliphatic rings. The maximum absolute atomic E-state index is 13.5. The summed E-state index contributed by atoms with van der Waals surface area (Å²) in [7, 11) is 0. The third kappa shape index (κ3) is 2.43. The molecule has 112 valence electrons. The van der Waals surface area contributed by atoms with Crippen LogP contribution in [0.25, 0.3) is 11.0 Å². The van der Waals surface area contributed by atoms with Gasteiger partial charge in [-0.15, -0.1) is 0 Å². The van der Waals surface area contributed by atoms with Crippen molar-refractivity contribution in [3.8, 4) is 0 Å². The second kappa shape index (κ2) is 5.22. The number of nitrogens with one attached hydrogen (secondary N) is 1. The third-order valence-electron chi connectivity index (χ3n) is 3.28. The lowest BCUT2D eigenvalue weighted by molar-refractivity contribution is 0.0997. The van der Waals surface area contributed by atoms with Crippen LogP contribution in [0.15, 0.2) is 40.8 Å². The van der Waals surface area contributed by atoms with E-state index in [1.165, 1.54) is 18.2 Å². The average Bonchev–Trinajstić information content (AvgIpc) is 2.79. The average molecular weight is 305 g/mol. The molecule has 0 radical (unpaired) electrons. The predicted molar refractivity (Wildman–Crippen MR) is 75.2 cm³/mol. The number of rotatable bonds is 2. The lowest BCUT2D eigenvalue weighted by Crippen LogP contribution is -2.13. The minimum Gasteiger partial charge on any atom is -0.451 e. The van der Waals surface area contributed by atoms with Crippen molar-refractivity contribution in [1.29, 1.82) is 0 Å². The van der Waals surface area contributed by atoms with Gasteiger partial charge in [-0.05, 0) is 37.3 Å². The van der Waals surface area contributed by atoms with E-state index >= 15 is 0 Å². The first-order valence-electron chi connectivity index (χ1n) is 6.41. The van der Waals surface area contributed by atoms with E-state index < -0.39 is 23.4 Å². The van der Waals surface area contributed by atoms with Gasteiger partial charge in [0.2, 0.25) is 0 Å². The summed E-state index contributed by atoms with van der Waals surface area (Å²) in [6, 6.07) is 6.68. The Labute approximate surface area is 123 Å². The summed E-state index contributed by atoms with van der Waals surface area (Å²) in [6.45, 7) is 1.60. The van der Waals surface area contributed by atoms with Gasteiger partial charge in [0.1, 0.15) is 23.0 Å². The van der Waals surface area contributed by atoms with Crippen molar-refractivity contribution in [1.82, 2.24) is 0 Å². The van der Waals surface area contributed by atoms with Gasteiger partial charge >= 0.3 is 0 Å². The summed E-state index contributed by atoms with van der Waals surface area (Å²) in [4.78, 5) is 12.2. The number of anilines is 1. The van der Waals surface area contributed by atoms with E-state index in [4.69, 9.17) is 4.42 Å². The molecule has 1 N–H and O–H groups in total. The van der Waals surface area contributed by atoms with E-state index in [1.54, 1.807) is 6.92 Å². The highest BCUT2D eigenvalue weighted by Crippen LogP contribution is 2.27. The summed E-state index contributed by atoms with van der Waals surface area (Å²) in [5.41, 5.74) is 0.621. The van der Waals surface area contributed by atoms with Gasteiger partial charge in [-0.1, -0.05) is 0 Å². The lowest BCUT2D eigenvalue weighted by atomic mass is 10.1. The third-order valence-corrected chi connectivity index (χ3v) is 3.28. The molecule has 1 aromatic heterocycles. The fourth-order valence-corrected chi connectivity index (χ4v) is 2.18. The molecule has 0 fully saturated rings. The van der Waals surface area contributed by atoms with Crippen LogP contribution in [0.4, 0.5) is 18.9 Å². The van der Waals surface area contributed by atoms with Gasteiger partial charge in [-0.25, -0.2) is 13.2 Å². The highest BCUT2D eigenvalue weighted by Gasteiger charge is 2.19. The summed E-state index contributed by atoms with van der Waals surface area (Å²) in [5.74, 6) is -2.84. The number of benzene rings is 2. The minimum absolute atomic E-state index is 0.0516. The van der Waals surface area contributed by atoms with E-state index in [0.717, 1.165) is 12.1 Å². The molecule has 0 saturated heterocycles. The van der Waals surface area contributed by atoms with Gasteiger partial charge in [0, 0.05) is 17.0 Å². The van der Waals surface area contributed by atoms with Crippen LogP contribution in [0.3, 0.4) is 0 Å². The molecule has 3 nitrogen and oxygen atoms in total. The van der Waals surface area contributed by atoms with E-state index in [9.17, 15) is 18.0 Å². The Morgan fingerprint density at radius 1 is 1.05 bits per heavy atom. The summed E-state index contributed by atoms with van der Waals surface area (Å²) in [6.07, 6.45) is 0. The van der Waals surface area contributed by atoms with Crippen LogP contribution < -0.4 is 5.32 Å². The van der Waals surface area contributed by atoms with Crippen LogP contribution in [0.1, 0.15) is 16.1 Å². The van der Waals surface area contributed by atoms with E-state index in [-0.39, 0.29) is 11.4 Å². The number of carbonyl (C=O) groups excluding carboxylic acids is 1. The number of amides is 1. The van der Waals surface area contributed by atoms with Crippen molar-refractivity contribution in [2.75, 3.05) is 5.32 Å². The van der Waals surface area contributed by atoms with Gasteiger partial charge in [-0.3, -0.25) is 4.79 Å². The molecule has 22 heavy (non-hydrogen) atoms. The van der Waals surface area contributed by atoms with E-state index in [0.29, 0.717) is 22.6 Å². The fraction of sp³-hybridized carbons (Fsp3) is 0.0625. The quantitative estimate of drug-likeness (QED) is 0.762. The molecule has 1 amide bonds. The molecule has 0 saturated carbocycles. The Hall–Kier alpha value is -2.76. The summed E-state index contributed by atoms with van der Waals surface area (Å²) < 4.78 is 45.0. The van der Waals surface area contributed by atoms with Crippen LogP contribution in [-0.4, -0.2) is 5.91 Å². The first-order chi connectivity index (χ1) is 10.5. The number of hydrogen-bond acceptors (Lipinski definition) is 2. The molecule has 6 heteroatoms. The highest BCUT2D eigenvalue weighted by atomic mass is 19.1. The molecular formula is C16H10F3NO2. The first kappa shape index (κ1) is 14.2. The molecule has 0 spiro atoms. The molecule has 0 aliphatic heterocycles.